The Labute approximate surface area is 173 Å². The zero-order valence-electron chi connectivity index (χ0n) is 16.8. The van der Waals surface area contributed by atoms with Gasteiger partial charge in [0.15, 0.2) is 0 Å². The third kappa shape index (κ3) is 6.52. The predicted octanol–water partition coefficient (Wildman–Crippen LogP) is 3.12. The zero-order valence-corrected chi connectivity index (χ0v) is 16.8. The highest BCUT2D eigenvalue weighted by Crippen LogP contribution is 2.18. The number of benzene rings is 2. The molecule has 0 aliphatic carbocycles. The van der Waals surface area contributed by atoms with E-state index in [-0.39, 0.29) is 5.82 Å². The molecule has 3 aromatic rings. The van der Waals surface area contributed by atoms with Gasteiger partial charge in [0.05, 0.1) is 11.4 Å². The van der Waals surface area contributed by atoms with Crippen molar-refractivity contribution in [1.82, 2.24) is 15.1 Å². The minimum absolute atomic E-state index is 0.233. The van der Waals surface area contributed by atoms with Crippen molar-refractivity contribution in [3.8, 4) is 5.69 Å². The van der Waals surface area contributed by atoms with E-state index in [1.165, 1.54) is 23.3 Å². The van der Waals surface area contributed by atoms with Gasteiger partial charge in [0.25, 0.3) is 0 Å². The van der Waals surface area contributed by atoms with E-state index < -0.39 is 11.9 Å². The summed E-state index contributed by atoms with van der Waals surface area (Å²) in [6.45, 7) is 5.77. The van der Waals surface area contributed by atoms with Gasteiger partial charge in [-0.1, -0.05) is 30.3 Å². The van der Waals surface area contributed by atoms with Gasteiger partial charge in [-0.25, -0.2) is 18.7 Å². The van der Waals surface area contributed by atoms with E-state index in [1.54, 1.807) is 12.1 Å². The Balaban J connectivity index is 0.000000469. The summed E-state index contributed by atoms with van der Waals surface area (Å²) < 4.78 is 15.0. The van der Waals surface area contributed by atoms with Crippen LogP contribution in [0.1, 0.15) is 22.5 Å². The third-order valence-electron chi connectivity index (χ3n) is 4.43. The van der Waals surface area contributed by atoms with Crippen molar-refractivity contribution in [2.45, 2.75) is 26.8 Å². The topological polar surface area (TPSA) is 104 Å². The maximum Gasteiger partial charge on any atom is 0.414 e. The lowest BCUT2D eigenvalue weighted by Gasteiger charge is -2.07. The minimum atomic E-state index is -1.82. The standard InChI is InChI=1S/C20H22FN3.C2H2O4/c1-15-20(14-22-13-12-17-6-4-3-5-7-17)16(2)24(23-15)19-10-8-18(21)9-11-19;3-1(4)2(5)6/h3-11,22H,12-14H2,1-2H3;(H,3,4)(H,5,6). The van der Waals surface area contributed by atoms with E-state index in [9.17, 15) is 4.39 Å². The second-order valence-electron chi connectivity index (χ2n) is 6.56. The Bertz CT molecular complexity index is 974. The number of aliphatic carboxylic acids is 2. The van der Waals surface area contributed by atoms with Crippen molar-refractivity contribution < 1.29 is 24.2 Å². The van der Waals surface area contributed by atoms with Gasteiger partial charge < -0.3 is 15.5 Å². The fraction of sp³-hybridized carbons (Fsp3) is 0.227. The van der Waals surface area contributed by atoms with E-state index in [1.807, 2.05) is 17.7 Å². The molecule has 0 saturated carbocycles. The molecule has 0 unspecified atom stereocenters. The summed E-state index contributed by atoms with van der Waals surface area (Å²) in [5.74, 6) is -3.88. The number of nitrogens with one attached hydrogen (secondary N) is 1. The Hall–Kier alpha value is -3.52. The van der Waals surface area contributed by atoms with Crippen molar-refractivity contribution in [2.24, 2.45) is 0 Å². The monoisotopic (exact) mass is 413 g/mol. The summed E-state index contributed by atoms with van der Waals surface area (Å²) in [7, 11) is 0. The first kappa shape index (κ1) is 22.8. The number of carboxylic acids is 2. The zero-order chi connectivity index (χ0) is 22.1. The number of nitrogens with zero attached hydrogens (tertiary/aromatic N) is 2. The van der Waals surface area contributed by atoms with Crippen LogP contribution in [0.15, 0.2) is 54.6 Å². The molecule has 158 valence electrons. The molecular weight excluding hydrogens is 389 g/mol. The van der Waals surface area contributed by atoms with Crippen LogP contribution in [-0.4, -0.2) is 38.5 Å². The molecule has 0 saturated heterocycles. The van der Waals surface area contributed by atoms with Crippen molar-refractivity contribution in [2.75, 3.05) is 6.54 Å². The summed E-state index contributed by atoms with van der Waals surface area (Å²) in [6.07, 6.45) is 1.00. The molecule has 30 heavy (non-hydrogen) atoms. The molecule has 1 aromatic heterocycles. The van der Waals surface area contributed by atoms with Gasteiger partial charge in [-0.05, 0) is 56.6 Å². The lowest BCUT2D eigenvalue weighted by Crippen LogP contribution is -2.17. The van der Waals surface area contributed by atoms with Crippen LogP contribution in [0.4, 0.5) is 4.39 Å². The van der Waals surface area contributed by atoms with Gasteiger partial charge in [0, 0.05) is 17.8 Å². The van der Waals surface area contributed by atoms with Gasteiger partial charge in [0.2, 0.25) is 0 Å². The van der Waals surface area contributed by atoms with Gasteiger partial charge in [-0.2, -0.15) is 5.10 Å². The Morgan fingerprint density at radius 3 is 2.17 bits per heavy atom. The smallest absolute Gasteiger partial charge is 0.414 e. The molecule has 0 fully saturated rings. The Kier molecular flexibility index (Phi) is 8.25. The lowest BCUT2D eigenvalue weighted by molar-refractivity contribution is -0.159. The van der Waals surface area contributed by atoms with Gasteiger partial charge >= 0.3 is 11.9 Å². The van der Waals surface area contributed by atoms with Crippen LogP contribution in [0.2, 0.25) is 0 Å². The van der Waals surface area contributed by atoms with Crippen LogP contribution in [0.25, 0.3) is 5.69 Å². The average Bonchev–Trinajstić information content (AvgIpc) is 3.01. The predicted molar refractivity (Wildman–Crippen MR) is 110 cm³/mol. The van der Waals surface area contributed by atoms with Gasteiger partial charge in [0.1, 0.15) is 5.82 Å². The molecule has 0 bridgehead atoms. The summed E-state index contributed by atoms with van der Waals surface area (Å²) in [5.41, 5.74) is 5.51. The van der Waals surface area contributed by atoms with Crippen molar-refractivity contribution >= 4 is 11.9 Å². The highest BCUT2D eigenvalue weighted by Gasteiger charge is 2.12. The molecular formula is C22H24FN3O4. The summed E-state index contributed by atoms with van der Waals surface area (Å²) in [6, 6.07) is 16.9. The second kappa shape index (κ2) is 10.9. The first-order chi connectivity index (χ1) is 14.3. The van der Waals surface area contributed by atoms with Crippen LogP contribution in [-0.2, 0) is 22.6 Å². The number of hydrogen-bond donors (Lipinski definition) is 3. The third-order valence-corrected chi connectivity index (χ3v) is 4.43. The number of aromatic nitrogens is 2. The fourth-order valence-corrected chi connectivity index (χ4v) is 2.86. The number of carboxylic acid groups (broad SMARTS) is 2. The first-order valence-corrected chi connectivity index (χ1v) is 9.31. The highest BCUT2D eigenvalue weighted by molar-refractivity contribution is 6.27. The molecule has 3 rings (SSSR count). The molecule has 0 aliphatic heterocycles. The molecule has 1 heterocycles. The van der Waals surface area contributed by atoms with Crippen molar-refractivity contribution in [3.05, 3.63) is 82.9 Å². The number of hydrogen-bond acceptors (Lipinski definition) is 4. The molecule has 0 amide bonds. The molecule has 8 heteroatoms. The number of carbonyl (C=O) groups is 2. The van der Waals surface area contributed by atoms with E-state index >= 15 is 0 Å². The van der Waals surface area contributed by atoms with Crippen LogP contribution >= 0.6 is 0 Å². The number of rotatable bonds is 6. The van der Waals surface area contributed by atoms with Crippen molar-refractivity contribution in [3.63, 3.8) is 0 Å². The maximum absolute atomic E-state index is 13.1. The Morgan fingerprint density at radius 1 is 1.00 bits per heavy atom. The number of halogens is 1. The van der Waals surface area contributed by atoms with Gasteiger partial charge in [-0.3, -0.25) is 0 Å². The summed E-state index contributed by atoms with van der Waals surface area (Å²) in [5, 5.41) is 22.9. The van der Waals surface area contributed by atoms with Gasteiger partial charge in [-0.15, -0.1) is 0 Å². The maximum atomic E-state index is 13.1. The number of aryl methyl sites for hydroxylation is 1. The SMILES string of the molecule is Cc1nn(-c2ccc(F)cc2)c(C)c1CNCCc1ccccc1.O=C(O)C(=O)O. The highest BCUT2D eigenvalue weighted by atomic mass is 19.1. The molecule has 0 spiro atoms. The molecule has 7 nitrogen and oxygen atoms in total. The average molecular weight is 413 g/mol. The molecule has 2 aromatic carbocycles. The fourth-order valence-electron chi connectivity index (χ4n) is 2.86. The van der Waals surface area contributed by atoms with Crippen LogP contribution in [0.5, 0.6) is 0 Å². The largest absolute Gasteiger partial charge is 0.473 e. The minimum Gasteiger partial charge on any atom is -0.473 e. The first-order valence-electron chi connectivity index (χ1n) is 9.31. The summed E-state index contributed by atoms with van der Waals surface area (Å²) >= 11 is 0. The van der Waals surface area contributed by atoms with Crippen molar-refractivity contribution in [1.29, 1.82) is 0 Å². The normalized spacial score (nSPS) is 10.2. The van der Waals surface area contributed by atoms with Crippen LogP contribution in [0, 0.1) is 19.7 Å². The van der Waals surface area contributed by atoms with Crippen LogP contribution in [0.3, 0.4) is 0 Å². The molecule has 3 N–H and O–H groups in total. The molecule has 0 radical (unpaired) electrons. The van der Waals surface area contributed by atoms with E-state index in [0.717, 1.165) is 36.6 Å². The quantitative estimate of drug-likeness (QED) is 0.424. The Morgan fingerprint density at radius 2 is 1.60 bits per heavy atom. The summed E-state index contributed by atoms with van der Waals surface area (Å²) in [4.78, 5) is 18.2. The van der Waals surface area contributed by atoms with E-state index in [4.69, 9.17) is 19.8 Å². The van der Waals surface area contributed by atoms with E-state index in [0.29, 0.717) is 0 Å². The molecule has 0 aliphatic rings. The van der Waals surface area contributed by atoms with E-state index in [2.05, 4.69) is 41.6 Å². The molecule has 0 atom stereocenters. The van der Waals surface area contributed by atoms with Crippen LogP contribution < -0.4 is 5.32 Å². The lowest BCUT2D eigenvalue weighted by atomic mass is 10.1. The second-order valence-corrected chi connectivity index (χ2v) is 6.56.